The molecule has 0 aliphatic carbocycles. The minimum Gasteiger partial charge on any atom is -0.494 e. The molecule has 0 amide bonds. The number of carbonyl (C=O) groups is 1. The van der Waals surface area contributed by atoms with Crippen molar-refractivity contribution in [3.8, 4) is 17.6 Å². The molecule has 0 aliphatic rings. The lowest BCUT2D eigenvalue weighted by Gasteiger charge is -2.00. The summed E-state index contributed by atoms with van der Waals surface area (Å²) in [7, 11) is 1.32. The van der Waals surface area contributed by atoms with Gasteiger partial charge in [0.25, 0.3) is 0 Å². The van der Waals surface area contributed by atoms with Gasteiger partial charge in [0.05, 0.1) is 7.11 Å². The van der Waals surface area contributed by atoms with Gasteiger partial charge in [-0.1, -0.05) is 5.92 Å². The van der Waals surface area contributed by atoms with Gasteiger partial charge in [0.15, 0.2) is 11.6 Å². The Morgan fingerprint density at radius 2 is 2.20 bits per heavy atom. The molecule has 0 saturated heterocycles. The lowest BCUT2D eigenvalue weighted by atomic mass is 10.2. The smallest absolute Gasteiger partial charge is 0.423 e. The topological polar surface area (TPSA) is 35.5 Å². The molecular weight excluding hydrogens is 206 g/mol. The van der Waals surface area contributed by atoms with Crippen LogP contribution in [0.1, 0.15) is 5.56 Å². The van der Waals surface area contributed by atoms with E-state index in [0.29, 0.717) is 0 Å². The van der Waals surface area contributed by atoms with Crippen molar-refractivity contribution < 1.29 is 23.4 Å². The highest BCUT2D eigenvalue weighted by atomic mass is 19.3. The summed E-state index contributed by atoms with van der Waals surface area (Å²) in [6, 6.07) is 3.85. The van der Waals surface area contributed by atoms with E-state index in [2.05, 4.69) is 15.6 Å². The molecule has 0 bridgehead atoms. The molecular formula is C10H6F2O3. The fraction of sp³-hybridized carbons (Fsp3) is 0.100. The van der Waals surface area contributed by atoms with Gasteiger partial charge in [-0.25, -0.2) is 14.1 Å². The van der Waals surface area contributed by atoms with Crippen LogP contribution < -0.4 is 4.74 Å². The maximum Gasteiger partial charge on any atom is 0.423 e. The maximum atomic E-state index is 13.1. The van der Waals surface area contributed by atoms with Gasteiger partial charge in [-0.15, -0.1) is 0 Å². The number of hydrogen-bond acceptors (Lipinski definition) is 3. The van der Waals surface area contributed by atoms with Crippen LogP contribution in [0.5, 0.6) is 5.75 Å². The van der Waals surface area contributed by atoms with Crippen LogP contribution in [0.3, 0.4) is 0 Å². The molecule has 0 aliphatic heterocycles. The van der Waals surface area contributed by atoms with E-state index >= 15 is 0 Å². The molecule has 0 fully saturated rings. The van der Waals surface area contributed by atoms with Gasteiger partial charge < -0.3 is 4.74 Å². The molecule has 0 heterocycles. The van der Waals surface area contributed by atoms with Crippen molar-refractivity contribution in [1.82, 2.24) is 0 Å². The Morgan fingerprint density at radius 3 is 2.73 bits per heavy atom. The van der Waals surface area contributed by atoms with Gasteiger partial charge in [-0.2, -0.15) is 0 Å². The Balaban J connectivity index is 2.92. The van der Waals surface area contributed by atoms with Gasteiger partial charge in [0.2, 0.25) is 0 Å². The van der Waals surface area contributed by atoms with Crippen molar-refractivity contribution in [3.63, 3.8) is 0 Å². The average Bonchev–Trinajstić information content (AvgIpc) is 2.26. The second-order valence-corrected chi connectivity index (χ2v) is 2.46. The van der Waals surface area contributed by atoms with E-state index in [4.69, 9.17) is 0 Å². The third-order valence-electron chi connectivity index (χ3n) is 1.53. The standard InChI is InChI=1S/C10H6F2O3/c1-14-9-4-2-7(6-8(9)11)3-5-10(13)15-12/h2,4,6H,1H3. The first-order valence-electron chi connectivity index (χ1n) is 3.85. The molecule has 3 nitrogen and oxygen atoms in total. The molecule has 0 atom stereocenters. The summed E-state index contributed by atoms with van der Waals surface area (Å²) in [5, 5.41) is 0. The Morgan fingerprint density at radius 1 is 1.47 bits per heavy atom. The summed E-state index contributed by atoms with van der Waals surface area (Å²) >= 11 is 0. The van der Waals surface area contributed by atoms with Crippen LogP contribution in [0.2, 0.25) is 0 Å². The Kier molecular flexibility index (Phi) is 3.63. The molecule has 78 valence electrons. The maximum absolute atomic E-state index is 13.1. The normalized spacial score (nSPS) is 8.73. The Hall–Kier alpha value is -2.09. The number of benzene rings is 1. The van der Waals surface area contributed by atoms with E-state index in [0.717, 1.165) is 6.07 Å². The number of carbonyl (C=O) groups excluding carboxylic acids is 1. The van der Waals surface area contributed by atoms with Gasteiger partial charge in [-0.3, -0.25) is 0 Å². The first-order valence-corrected chi connectivity index (χ1v) is 3.85. The van der Waals surface area contributed by atoms with E-state index in [1.165, 1.54) is 19.2 Å². The van der Waals surface area contributed by atoms with Crippen LogP contribution in [0, 0.1) is 17.7 Å². The lowest BCUT2D eigenvalue weighted by molar-refractivity contribution is -0.175. The quantitative estimate of drug-likeness (QED) is 0.663. The van der Waals surface area contributed by atoms with Crippen molar-refractivity contribution in [2.75, 3.05) is 7.11 Å². The third kappa shape index (κ3) is 2.95. The van der Waals surface area contributed by atoms with Gasteiger partial charge in [0, 0.05) is 16.0 Å². The van der Waals surface area contributed by atoms with Crippen molar-refractivity contribution in [2.45, 2.75) is 0 Å². The minimum atomic E-state index is -1.33. The van der Waals surface area contributed by atoms with E-state index in [1.807, 2.05) is 5.92 Å². The number of ether oxygens (including phenoxy) is 1. The van der Waals surface area contributed by atoms with Crippen LogP contribution >= 0.6 is 0 Å². The minimum absolute atomic E-state index is 0.0635. The van der Waals surface area contributed by atoms with Crippen molar-refractivity contribution in [3.05, 3.63) is 29.6 Å². The van der Waals surface area contributed by atoms with Crippen molar-refractivity contribution in [2.24, 2.45) is 0 Å². The molecule has 0 aromatic heterocycles. The molecule has 1 aromatic carbocycles. The third-order valence-corrected chi connectivity index (χ3v) is 1.53. The van der Waals surface area contributed by atoms with E-state index in [9.17, 15) is 13.7 Å². The zero-order chi connectivity index (χ0) is 11.3. The summed E-state index contributed by atoms with van der Waals surface area (Å²) in [4.78, 5) is 13.1. The second kappa shape index (κ2) is 4.96. The first kappa shape index (κ1) is 11.0. The molecule has 15 heavy (non-hydrogen) atoms. The van der Waals surface area contributed by atoms with Crippen LogP contribution in [-0.2, 0) is 9.74 Å². The highest BCUT2D eigenvalue weighted by molar-refractivity contribution is 5.88. The monoisotopic (exact) mass is 212 g/mol. The molecule has 1 rings (SSSR count). The molecule has 0 radical (unpaired) electrons. The second-order valence-electron chi connectivity index (χ2n) is 2.46. The predicted octanol–water partition coefficient (Wildman–Crippen LogP) is 1.61. The van der Waals surface area contributed by atoms with Crippen LogP contribution in [0.25, 0.3) is 0 Å². The fourth-order valence-electron chi connectivity index (χ4n) is 0.887. The highest BCUT2D eigenvalue weighted by Gasteiger charge is 2.02. The van der Waals surface area contributed by atoms with Crippen LogP contribution in [0.15, 0.2) is 18.2 Å². The Bertz CT molecular complexity index is 432. The fourth-order valence-corrected chi connectivity index (χ4v) is 0.887. The Labute approximate surface area is 84.5 Å². The van der Waals surface area contributed by atoms with Gasteiger partial charge in [-0.05, 0) is 18.2 Å². The summed E-state index contributed by atoms with van der Waals surface area (Å²) < 4.78 is 29.0. The number of halogens is 2. The number of methoxy groups -OCH3 is 1. The number of hydrogen-bond donors (Lipinski definition) is 0. The van der Waals surface area contributed by atoms with E-state index in [1.54, 1.807) is 0 Å². The molecule has 0 unspecified atom stereocenters. The summed E-state index contributed by atoms with van der Waals surface area (Å²) in [5.74, 6) is 2.17. The number of rotatable bonds is 1. The molecule has 0 N–H and O–H groups in total. The van der Waals surface area contributed by atoms with E-state index < -0.39 is 11.8 Å². The SMILES string of the molecule is COc1ccc(C#CC(=O)OF)cc1F. The van der Waals surface area contributed by atoms with Crippen molar-refractivity contribution in [1.29, 1.82) is 0 Å². The molecule has 0 spiro atoms. The first-order chi connectivity index (χ1) is 7.17. The summed E-state index contributed by atoms with van der Waals surface area (Å²) in [6.45, 7) is 0. The molecule has 1 aromatic rings. The van der Waals surface area contributed by atoms with E-state index in [-0.39, 0.29) is 11.3 Å². The van der Waals surface area contributed by atoms with Crippen LogP contribution in [0.4, 0.5) is 8.92 Å². The molecule has 0 saturated carbocycles. The zero-order valence-electron chi connectivity index (χ0n) is 7.71. The summed E-state index contributed by atoms with van der Waals surface area (Å²) in [6.07, 6.45) is 0. The summed E-state index contributed by atoms with van der Waals surface area (Å²) in [5.41, 5.74) is 0.221. The lowest BCUT2D eigenvalue weighted by Crippen LogP contribution is -1.92. The average molecular weight is 212 g/mol. The van der Waals surface area contributed by atoms with Gasteiger partial charge >= 0.3 is 5.97 Å². The van der Waals surface area contributed by atoms with Crippen molar-refractivity contribution >= 4 is 5.97 Å². The predicted molar refractivity (Wildman–Crippen MR) is 47.0 cm³/mol. The zero-order valence-corrected chi connectivity index (χ0v) is 7.71. The van der Waals surface area contributed by atoms with Crippen LogP contribution in [-0.4, -0.2) is 13.1 Å². The highest BCUT2D eigenvalue weighted by Crippen LogP contribution is 2.16. The molecule has 5 heteroatoms. The largest absolute Gasteiger partial charge is 0.494 e. The van der Waals surface area contributed by atoms with Gasteiger partial charge in [0.1, 0.15) is 0 Å².